The molecule has 104 valence electrons. The van der Waals surface area contributed by atoms with Crippen molar-refractivity contribution in [3.05, 3.63) is 45.1 Å². The summed E-state index contributed by atoms with van der Waals surface area (Å²) in [5.41, 5.74) is 5.78. The van der Waals surface area contributed by atoms with Crippen molar-refractivity contribution in [2.45, 2.75) is 0 Å². The largest absolute Gasteiger partial charge is 0.496 e. The molecular formula is C13H11Br2N3O2. The molecule has 1 heterocycles. The number of aromatic nitrogens is 1. The number of pyridine rings is 1. The lowest BCUT2D eigenvalue weighted by Gasteiger charge is -2.12. The number of hydrogen-bond acceptors (Lipinski definition) is 4. The predicted molar refractivity (Wildman–Crippen MR) is 83.7 cm³/mol. The van der Waals surface area contributed by atoms with Gasteiger partial charge in [-0.3, -0.25) is 5.41 Å². The van der Waals surface area contributed by atoms with E-state index in [9.17, 15) is 0 Å². The Kier molecular flexibility index (Phi) is 4.61. The Balaban J connectivity index is 2.40. The van der Waals surface area contributed by atoms with E-state index in [4.69, 9.17) is 20.6 Å². The Morgan fingerprint density at radius 1 is 1.20 bits per heavy atom. The third kappa shape index (κ3) is 3.10. The molecule has 1 aromatic heterocycles. The predicted octanol–water partition coefficient (Wildman–Crippen LogP) is 3.69. The van der Waals surface area contributed by atoms with Crippen molar-refractivity contribution in [3.63, 3.8) is 0 Å². The van der Waals surface area contributed by atoms with Crippen LogP contribution in [-0.2, 0) is 0 Å². The van der Waals surface area contributed by atoms with Gasteiger partial charge in [0.2, 0.25) is 0 Å². The third-order valence-corrected chi connectivity index (χ3v) is 3.69. The van der Waals surface area contributed by atoms with Crippen molar-refractivity contribution in [2.24, 2.45) is 5.73 Å². The highest BCUT2D eigenvalue weighted by Gasteiger charge is 2.13. The fourth-order valence-electron chi connectivity index (χ4n) is 1.54. The quantitative estimate of drug-likeness (QED) is 0.605. The van der Waals surface area contributed by atoms with E-state index >= 15 is 0 Å². The molecule has 0 saturated carbocycles. The molecule has 7 heteroatoms. The average molecular weight is 401 g/mol. The topological polar surface area (TPSA) is 81.2 Å². The summed E-state index contributed by atoms with van der Waals surface area (Å²) in [4.78, 5) is 4.03. The Bertz CT molecular complexity index is 662. The van der Waals surface area contributed by atoms with E-state index in [1.807, 2.05) is 0 Å². The molecule has 0 bridgehead atoms. The lowest BCUT2D eigenvalue weighted by Crippen LogP contribution is -2.14. The van der Waals surface area contributed by atoms with Crippen LogP contribution in [0.2, 0.25) is 0 Å². The SMILES string of the molecule is COc1cc(Br)c(Oc2cccnc2C(=N)N)cc1Br. The van der Waals surface area contributed by atoms with Gasteiger partial charge in [0.15, 0.2) is 5.75 Å². The number of amidine groups is 1. The van der Waals surface area contributed by atoms with E-state index in [1.165, 1.54) is 0 Å². The van der Waals surface area contributed by atoms with Gasteiger partial charge in [0.25, 0.3) is 0 Å². The van der Waals surface area contributed by atoms with Crippen LogP contribution in [0.4, 0.5) is 0 Å². The number of rotatable bonds is 4. The summed E-state index contributed by atoms with van der Waals surface area (Å²) < 4.78 is 12.4. The lowest BCUT2D eigenvalue weighted by atomic mass is 10.3. The van der Waals surface area contributed by atoms with Gasteiger partial charge in [-0.25, -0.2) is 4.98 Å². The van der Waals surface area contributed by atoms with E-state index in [1.54, 1.807) is 37.6 Å². The van der Waals surface area contributed by atoms with Gasteiger partial charge in [0.1, 0.15) is 23.0 Å². The molecule has 0 saturated heterocycles. The fourth-order valence-corrected chi connectivity index (χ4v) is 2.43. The van der Waals surface area contributed by atoms with Gasteiger partial charge in [0.05, 0.1) is 16.1 Å². The van der Waals surface area contributed by atoms with E-state index in [0.29, 0.717) is 22.9 Å². The zero-order valence-electron chi connectivity index (χ0n) is 10.5. The van der Waals surface area contributed by atoms with E-state index in [-0.39, 0.29) is 5.84 Å². The van der Waals surface area contributed by atoms with Gasteiger partial charge in [-0.1, -0.05) is 0 Å². The highest BCUT2D eigenvalue weighted by molar-refractivity contribution is 9.11. The molecule has 0 amide bonds. The minimum atomic E-state index is -0.149. The molecule has 20 heavy (non-hydrogen) atoms. The van der Waals surface area contributed by atoms with Crippen molar-refractivity contribution in [3.8, 4) is 17.2 Å². The van der Waals surface area contributed by atoms with E-state index in [2.05, 4.69) is 36.8 Å². The Hall–Kier alpha value is -1.60. The molecule has 5 nitrogen and oxygen atoms in total. The highest BCUT2D eigenvalue weighted by Crippen LogP contribution is 2.38. The summed E-state index contributed by atoms with van der Waals surface area (Å²) in [7, 11) is 1.59. The van der Waals surface area contributed by atoms with Crippen LogP contribution in [0.5, 0.6) is 17.2 Å². The molecule has 2 rings (SSSR count). The second-order valence-electron chi connectivity index (χ2n) is 3.78. The minimum Gasteiger partial charge on any atom is -0.496 e. The standard InChI is InChI=1S/C13H11Br2N3O2/c1-19-10-5-8(15)11(6-7(10)14)20-9-3-2-4-18-12(9)13(16)17/h2-6H,1H3,(H3,16,17). The normalized spacial score (nSPS) is 10.2. The molecule has 0 unspecified atom stereocenters. The van der Waals surface area contributed by atoms with Crippen LogP contribution >= 0.6 is 31.9 Å². The first-order valence-electron chi connectivity index (χ1n) is 5.53. The highest BCUT2D eigenvalue weighted by atomic mass is 79.9. The summed E-state index contributed by atoms with van der Waals surface area (Å²) >= 11 is 6.80. The van der Waals surface area contributed by atoms with Gasteiger partial charge >= 0.3 is 0 Å². The fraction of sp³-hybridized carbons (Fsp3) is 0.0769. The van der Waals surface area contributed by atoms with Crippen LogP contribution in [0.25, 0.3) is 0 Å². The van der Waals surface area contributed by atoms with E-state index < -0.39 is 0 Å². The number of hydrogen-bond donors (Lipinski definition) is 2. The summed E-state index contributed by atoms with van der Waals surface area (Å²) in [6.07, 6.45) is 1.56. The molecule has 0 spiro atoms. The summed E-state index contributed by atoms with van der Waals surface area (Å²) in [5.74, 6) is 1.51. The van der Waals surface area contributed by atoms with Crippen molar-refractivity contribution >= 4 is 37.7 Å². The van der Waals surface area contributed by atoms with Crippen LogP contribution < -0.4 is 15.2 Å². The van der Waals surface area contributed by atoms with Gasteiger partial charge in [-0.05, 0) is 56.1 Å². The number of nitrogens with two attached hydrogens (primary N) is 1. The Morgan fingerprint density at radius 3 is 2.50 bits per heavy atom. The number of halogens is 2. The van der Waals surface area contributed by atoms with Gasteiger partial charge < -0.3 is 15.2 Å². The second kappa shape index (κ2) is 6.23. The number of methoxy groups -OCH3 is 1. The first-order chi connectivity index (χ1) is 9.52. The zero-order chi connectivity index (χ0) is 14.7. The minimum absolute atomic E-state index is 0.149. The van der Waals surface area contributed by atoms with Crippen LogP contribution in [0.15, 0.2) is 39.4 Å². The first-order valence-corrected chi connectivity index (χ1v) is 7.12. The average Bonchev–Trinajstić information content (AvgIpc) is 2.42. The number of ether oxygens (including phenoxy) is 2. The van der Waals surface area contributed by atoms with Crippen molar-refractivity contribution in [1.29, 1.82) is 5.41 Å². The van der Waals surface area contributed by atoms with Crippen LogP contribution in [0.3, 0.4) is 0 Å². The smallest absolute Gasteiger partial charge is 0.156 e. The van der Waals surface area contributed by atoms with Crippen molar-refractivity contribution in [2.75, 3.05) is 7.11 Å². The maximum absolute atomic E-state index is 7.50. The van der Waals surface area contributed by atoms with Crippen molar-refractivity contribution in [1.82, 2.24) is 4.98 Å². The Morgan fingerprint density at radius 2 is 1.85 bits per heavy atom. The van der Waals surface area contributed by atoms with Gasteiger partial charge in [0, 0.05) is 6.20 Å². The van der Waals surface area contributed by atoms with Crippen LogP contribution in [0.1, 0.15) is 5.69 Å². The molecule has 0 aliphatic carbocycles. The van der Waals surface area contributed by atoms with Crippen molar-refractivity contribution < 1.29 is 9.47 Å². The number of nitrogens with zero attached hydrogens (tertiary/aromatic N) is 1. The monoisotopic (exact) mass is 399 g/mol. The maximum atomic E-state index is 7.50. The van der Waals surface area contributed by atoms with E-state index in [0.717, 1.165) is 8.95 Å². The summed E-state index contributed by atoms with van der Waals surface area (Å²) in [5, 5.41) is 7.50. The zero-order valence-corrected chi connectivity index (χ0v) is 13.7. The molecule has 0 aliphatic heterocycles. The molecule has 0 aliphatic rings. The molecule has 0 radical (unpaired) electrons. The molecular weight excluding hydrogens is 390 g/mol. The third-order valence-electron chi connectivity index (χ3n) is 2.45. The molecule has 2 aromatic rings. The summed E-state index contributed by atoms with van der Waals surface area (Å²) in [6.45, 7) is 0. The van der Waals surface area contributed by atoms with Gasteiger partial charge in [-0.2, -0.15) is 0 Å². The van der Waals surface area contributed by atoms with Crippen LogP contribution in [0, 0.1) is 5.41 Å². The second-order valence-corrected chi connectivity index (χ2v) is 5.49. The Labute approximate surface area is 132 Å². The van der Waals surface area contributed by atoms with Crippen LogP contribution in [-0.4, -0.2) is 17.9 Å². The lowest BCUT2D eigenvalue weighted by molar-refractivity contribution is 0.409. The number of benzene rings is 1. The number of nitrogen functional groups attached to an aromatic ring is 1. The summed E-state index contributed by atoms with van der Waals surface area (Å²) in [6, 6.07) is 6.96. The molecule has 3 N–H and O–H groups in total. The molecule has 0 atom stereocenters. The maximum Gasteiger partial charge on any atom is 0.156 e. The first kappa shape index (κ1) is 14.8. The molecule has 1 aromatic carbocycles. The number of nitrogens with one attached hydrogen (secondary N) is 1. The van der Waals surface area contributed by atoms with Gasteiger partial charge in [-0.15, -0.1) is 0 Å². The molecule has 0 fully saturated rings.